The highest BCUT2D eigenvalue weighted by Gasteiger charge is 2.32. The molecule has 3 rings (SSSR count). The molecule has 1 unspecified atom stereocenters. The number of para-hydroxylation sites is 1. The standard InChI is InChI=1S/C20H20F3N3O2/c1-26(2)15-10-13(20(21,22)23)9-14(11-15)24-18(27)7-12-8-19(28)25-17-6-4-3-5-16(12)17/h3-6,9-12H,7-8H2,1-2H3,(H,24,27)(H,25,28). The molecule has 2 amide bonds. The van der Waals surface area contributed by atoms with Gasteiger partial charge in [0.2, 0.25) is 11.8 Å². The lowest BCUT2D eigenvalue weighted by atomic mass is 9.88. The second kappa shape index (κ2) is 7.53. The van der Waals surface area contributed by atoms with Crippen LogP contribution >= 0.6 is 0 Å². The Morgan fingerprint density at radius 2 is 1.93 bits per heavy atom. The zero-order valence-electron chi connectivity index (χ0n) is 15.4. The molecule has 1 heterocycles. The molecule has 1 atom stereocenters. The first-order valence-corrected chi connectivity index (χ1v) is 8.71. The molecule has 2 N–H and O–H groups in total. The number of benzene rings is 2. The lowest BCUT2D eigenvalue weighted by Crippen LogP contribution is -2.26. The highest BCUT2D eigenvalue weighted by atomic mass is 19.4. The second-order valence-electron chi connectivity index (χ2n) is 6.95. The smallest absolute Gasteiger partial charge is 0.378 e. The first-order chi connectivity index (χ1) is 13.1. The largest absolute Gasteiger partial charge is 0.416 e. The van der Waals surface area contributed by atoms with Crippen LogP contribution in [0, 0.1) is 0 Å². The van der Waals surface area contributed by atoms with Gasteiger partial charge in [-0.25, -0.2) is 0 Å². The van der Waals surface area contributed by atoms with Crippen molar-refractivity contribution in [3.05, 3.63) is 53.6 Å². The van der Waals surface area contributed by atoms with Gasteiger partial charge in [0.15, 0.2) is 0 Å². The van der Waals surface area contributed by atoms with Crippen LogP contribution in [0.4, 0.5) is 30.2 Å². The van der Waals surface area contributed by atoms with E-state index in [0.717, 1.165) is 17.7 Å². The summed E-state index contributed by atoms with van der Waals surface area (Å²) in [6.45, 7) is 0. The van der Waals surface area contributed by atoms with E-state index in [-0.39, 0.29) is 30.4 Å². The van der Waals surface area contributed by atoms with Crippen molar-refractivity contribution in [3.63, 3.8) is 0 Å². The summed E-state index contributed by atoms with van der Waals surface area (Å²) in [7, 11) is 3.25. The molecule has 5 nitrogen and oxygen atoms in total. The predicted octanol–water partition coefficient (Wildman–Crippen LogP) is 4.23. The number of hydrogen-bond acceptors (Lipinski definition) is 3. The van der Waals surface area contributed by atoms with Gasteiger partial charge in [-0.05, 0) is 29.8 Å². The third-order valence-corrected chi connectivity index (χ3v) is 4.58. The molecule has 0 bridgehead atoms. The molecule has 2 aromatic carbocycles. The number of anilines is 3. The van der Waals surface area contributed by atoms with Gasteiger partial charge in [-0.1, -0.05) is 18.2 Å². The Bertz CT molecular complexity index is 910. The summed E-state index contributed by atoms with van der Waals surface area (Å²) in [5.74, 6) is -0.965. The van der Waals surface area contributed by atoms with Gasteiger partial charge in [-0.15, -0.1) is 0 Å². The molecular weight excluding hydrogens is 371 g/mol. The van der Waals surface area contributed by atoms with Crippen LogP contribution in [0.2, 0.25) is 0 Å². The number of fused-ring (bicyclic) bond motifs is 1. The van der Waals surface area contributed by atoms with Crippen molar-refractivity contribution < 1.29 is 22.8 Å². The van der Waals surface area contributed by atoms with Crippen molar-refractivity contribution in [1.29, 1.82) is 0 Å². The van der Waals surface area contributed by atoms with Crippen LogP contribution in [-0.4, -0.2) is 25.9 Å². The van der Waals surface area contributed by atoms with Gasteiger partial charge in [-0.2, -0.15) is 13.2 Å². The first kappa shape index (κ1) is 19.7. The van der Waals surface area contributed by atoms with E-state index >= 15 is 0 Å². The highest BCUT2D eigenvalue weighted by molar-refractivity contribution is 5.97. The van der Waals surface area contributed by atoms with Gasteiger partial charge < -0.3 is 15.5 Å². The fourth-order valence-electron chi connectivity index (χ4n) is 3.22. The summed E-state index contributed by atoms with van der Waals surface area (Å²) in [5, 5.41) is 5.30. The second-order valence-corrected chi connectivity index (χ2v) is 6.95. The molecule has 28 heavy (non-hydrogen) atoms. The zero-order valence-corrected chi connectivity index (χ0v) is 15.4. The minimum absolute atomic E-state index is 0.00201. The Kier molecular flexibility index (Phi) is 5.31. The number of carbonyl (C=O) groups excluding carboxylic acids is 2. The third kappa shape index (κ3) is 4.44. The van der Waals surface area contributed by atoms with Gasteiger partial charge >= 0.3 is 6.18 Å². The summed E-state index contributed by atoms with van der Waals surface area (Å²) in [6, 6.07) is 10.6. The number of alkyl halides is 3. The molecule has 1 aliphatic heterocycles. The van der Waals surface area contributed by atoms with Crippen molar-refractivity contribution >= 4 is 28.9 Å². The molecule has 0 saturated carbocycles. The van der Waals surface area contributed by atoms with Crippen LogP contribution in [0.3, 0.4) is 0 Å². The third-order valence-electron chi connectivity index (χ3n) is 4.58. The quantitative estimate of drug-likeness (QED) is 0.820. The van der Waals surface area contributed by atoms with Gasteiger partial charge in [0, 0.05) is 49.9 Å². The molecule has 0 aromatic heterocycles. The Hall–Kier alpha value is -3.03. The summed E-state index contributed by atoms with van der Waals surface area (Å²) in [5.41, 5.74) is 1.06. The monoisotopic (exact) mass is 391 g/mol. The Morgan fingerprint density at radius 1 is 1.21 bits per heavy atom. The van der Waals surface area contributed by atoms with E-state index in [1.165, 1.54) is 11.0 Å². The fraction of sp³-hybridized carbons (Fsp3) is 0.300. The van der Waals surface area contributed by atoms with Crippen molar-refractivity contribution in [3.8, 4) is 0 Å². The topological polar surface area (TPSA) is 61.4 Å². The van der Waals surface area contributed by atoms with E-state index in [2.05, 4.69) is 10.6 Å². The number of rotatable bonds is 4. The molecule has 0 radical (unpaired) electrons. The lowest BCUT2D eigenvalue weighted by molar-refractivity contribution is -0.137. The lowest BCUT2D eigenvalue weighted by Gasteiger charge is -2.25. The molecule has 0 fully saturated rings. The molecule has 148 valence electrons. The molecule has 8 heteroatoms. The number of nitrogens with one attached hydrogen (secondary N) is 2. The maximum absolute atomic E-state index is 13.2. The van der Waals surface area contributed by atoms with Gasteiger partial charge in [-0.3, -0.25) is 9.59 Å². The molecular formula is C20H20F3N3O2. The average Bonchev–Trinajstić information content (AvgIpc) is 2.60. The zero-order chi connectivity index (χ0) is 20.5. The van der Waals surface area contributed by atoms with E-state index < -0.39 is 17.6 Å². The van der Waals surface area contributed by atoms with Crippen LogP contribution in [0.5, 0.6) is 0 Å². The molecule has 1 aliphatic rings. The maximum atomic E-state index is 13.2. The number of hydrogen-bond donors (Lipinski definition) is 2. The first-order valence-electron chi connectivity index (χ1n) is 8.71. The summed E-state index contributed by atoms with van der Waals surface area (Å²) in [6.07, 6.45) is -4.38. The van der Waals surface area contributed by atoms with Crippen LogP contribution in [0.1, 0.15) is 29.9 Å². The SMILES string of the molecule is CN(C)c1cc(NC(=O)CC2CC(=O)Nc3ccccc32)cc(C(F)(F)F)c1. The maximum Gasteiger partial charge on any atom is 0.416 e. The number of nitrogens with zero attached hydrogens (tertiary/aromatic N) is 1. The van der Waals surface area contributed by atoms with Gasteiger partial charge in [0.05, 0.1) is 5.56 Å². The molecule has 0 aliphatic carbocycles. The number of carbonyl (C=O) groups is 2. The van der Waals surface area contributed by atoms with Crippen LogP contribution < -0.4 is 15.5 Å². The van der Waals surface area contributed by atoms with Crippen molar-refractivity contribution in [1.82, 2.24) is 0 Å². The van der Waals surface area contributed by atoms with Gasteiger partial charge in [0.25, 0.3) is 0 Å². The highest BCUT2D eigenvalue weighted by Crippen LogP contribution is 2.36. The number of halogens is 3. The van der Waals surface area contributed by atoms with E-state index in [0.29, 0.717) is 11.4 Å². The van der Waals surface area contributed by atoms with E-state index in [9.17, 15) is 22.8 Å². The van der Waals surface area contributed by atoms with Crippen molar-refractivity contribution in [2.45, 2.75) is 24.9 Å². The Labute approximate surface area is 160 Å². The van der Waals surface area contributed by atoms with Crippen LogP contribution in [0.25, 0.3) is 0 Å². The van der Waals surface area contributed by atoms with Gasteiger partial charge in [0.1, 0.15) is 0 Å². The minimum atomic E-state index is -4.52. The fourth-order valence-corrected chi connectivity index (χ4v) is 3.22. The molecule has 0 saturated heterocycles. The normalized spacial score (nSPS) is 16.2. The molecule has 0 spiro atoms. The molecule has 2 aromatic rings. The summed E-state index contributed by atoms with van der Waals surface area (Å²) in [4.78, 5) is 25.9. The summed E-state index contributed by atoms with van der Waals surface area (Å²) >= 11 is 0. The van der Waals surface area contributed by atoms with Crippen LogP contribution in [0.15, 0.2) is 42.5 Å². The van der Waals surface area contributed by atoms with E-state index in [1.54, 1.807) is 26.2 Å². The Morgan fingerprint density at radius 3 is 2.61 bits per heavy atom. The van der Waals surface area contributed by atoms with E-state index in [1.807, 2.05) is 12.1 Å². The van der Waals surface area contributed by atoms with E-state index in [4.69, 9.17) is 0 Å². The van der Waals surface area contributed by atoms with Crippen molar-refractivity contribution in [2.24, 2.45) is 0 Å². The minimum Gasteiger partial charge on any atom is -0.378 e. The summed E-state index contributed by atoms with van der Waals surface area (Å²) < 4.78 is 39.5. The van der Waals surface area contributed by atoms with Crippen LogP contribution in [-0.2, 0) is 15.8 Å². The number of amides is 2. The van der Waals surface area contributed by atoms with Crippen molar-refractivity contribution in [2.75, 3.05) is 29.6 Å². The Balaban J connectivity index is 1.80. The average molecular weight is 391 g/mol. The predicted molar refractivity (Wildman–Crippen MR) is 101 cm³/mol.